The summed E-state index contributed by atoms with van der Waals surface area (Å²) in [6.45, 7) is 12.9. The molecule has 1 aliphatic heterocycles. The lowest BCUT2D eigenvalue weighted by Gasteiger charge is -2.39. The summed E-state index contributed by atoms with van der Waals surface area (Å²) in [5.74, 6) is -1.46. The molecule has 0 radical (unpaired) electrons. The molecule has 3 aromatic rings. The molecule has 2 amide bonds. The Hall–Kier alpha value is -4.46. The lowest BCUT2D eigenvalue weighted by molar-refractivity contribution is -0.136. The number of carbonyl (C=O) groups is 2. The van der Waals surface area contributed by atoms with E-state index in [0.29, 0.717) is 35.5 Å². The van der Waals surface area contributed by atoms with Crippen molar-refractivity contribution in [3.63, 3.8) is 0 Å². The number of rotatable bonds is 6. The molecule has 1 aliphatic rings. The van der Waals surface area contributed by atoms with Crippen molar-refractivity contribution in [2.45, 2.75) is 39.0 Å². The molecule has 4 rings (SSSR count). The van der Waals surface area contributed by atoms with Gasteiger partial charge in [-0.3, -0.25) is 9.48 Å². The van der Waals surface area contributed by atoms with Crippen molar-refractivity contribution in [2.75, 3.05) is 20.2 Å². The predicted molar refractivity (Wildman–Crippen MR) is 136 cm³/mol. The van der Waals surface area contributed by atoms with Crippen LogP contribution in [0.15, 0.2) is 42.6 Å². The number of amides is 2. The summed E-state index contributed by atoms with van der Waals surface area (Å²) in [6, 6.07) is 8.25. The Morgan fingerprint density at radius 3 is 2.42 bits per heavy atom. The summed E-state index contributed by atoms with van der Waals surface area (Å²) in [5, 5.41) is 7.22. The minimum atomic E-state index is -0.709. The third-order valence-electron chi connectivity index (χ3n) is 5.82. The van der Waals surface area contributed by atoms with Gasteiger partial charge in [-0.15, -0.1) is 0 Å². The summed E-state index contributed by atoms with van der Waals surface area (Å²) in [5.41, 5.74) is 0.876. The number of halogens is 2. The van der Waals surface area contributed by atoms with Gasteiger partial charge in [0.15, 0.2) is 11.6 Å². The standard InChI is InChI=1S/C27H27F2N5O4/c1-27(2,3)38-26(36)31-18-12-33(13-18)24(35)15-34-14-19(16-7-9-23(37-5)21(29)10-16)25(32-34)17-6-8-22(30-4)20(28)11-17/h6-11,14,18H,12-13,15H2,1-3,5H3,(H,31,36). The fourth-order valence-electron chi connectivity index (χ4n) is 3.99. The van der Waals surface area contributed by atoms with E-state index in [4.69, 9.17) is 16.0 Å². The van der Waals surface area contributed by atoms with E-state index in [1.807, 2.05) is 0 Å². The molecule has 2 heterocycles. The van der Waals surface area contributed by atoms with E-state index in [2.05, 4.69) is 15.3 Å². The number of nitrogens with zero attached hydrogens (tertiary/aromatic N) is 4. The van der Waals surface area contributed by atoms with Gasteiger partial charge in [-0.2, -0.15) is 5.10 Å². The number of alkyl carbamates (subject to hydrolysis) is 1. The average Bonchev–Trinajstić information content (AvgIpc) is 3.23. The molecular formula is C27H27F2N5O4. The molecule has 0 bridgehead atoms. The first-order chi connectivity index (χ1) is 18.0. The summed E-state index contributed by atoms with van der Waals surface area (Å²) in [7, 11) is 1.36. The molecular weight excluding hydrogens is 496 g/mol. The quantitative estimate of drug-likeness (QED) is 0.470. The van der Waals surface area contributed by atoms with E-state index in [1.54, 1.807) is 44.0 Å². The van der Waals surface area contributed by atoms with Gasteiger partial charge in [-0.05, 0) is 44.5 Å². The highest BCUT2D eigenvalue weighted by atomic mass is 19.1. The Bertz CT molecular complexity index is 1420. The first-order valence-electron chi connectivity index (χ1n) is 11.8. The number of ether oxygens (including phenoxy) is 2. The van der Waals surface area contributed by atoms with E-state index in [9.17, 15) is 18.4 Å². The van der Waals surface area contributed by atoms with Crippen LogP contribution >= 0.6 is 0 Å². The van der Waals surface area contributed by atoms with Gasteiger partial charge in [0.2, 0.25) is 11.6 Å². The van der Waals surface area contributed by atoms with E-state index >= 15 is 0 Å². The number of carbonyl (C=O) groups excluding carboxylic acids is 2. The molecule has 38 heavy (non-hydrogen) atoms. The van der Waals surface area contributed by atoms with Gasteiger partial charge in [-0.25, -0.2) is 18.4 Å². The van der Waals surface area contributed by atoms with Crippen LogP contribution in [0.4, 0.5) is 19.3 Å². The zero-order valence-corrected chi connectivity index (χ0v) is 21.4. The average molecular weight is 524 g/mol. The molecule has 2 aromatic carbocycles. The monoisotopic (exact) mass is 523 g/mol. The molecule has 0 atom stereocenters. The first kappa shape index (κ1) is 26.6. The van der Waals surface area contributed by atoms with Crippen LogP contribution in [0.25, 0.3) is 27.2 Å². The summed E-state index contributed by atoms with van der Waals surface area (Å²) >= 11 is 0. The Kier molecular flexibility index (Phi) is 7.35. The third-order valence-corrected chi connectivity index (χ3v) is 5.82. The van der Waals surface area contributed by atoms with Crippen LogP contribution in [-0.4, -0.2) is 58.5 Å². The van der Waals surface area contributed by atoms with Gasteiger partial charge < -0.3 is 19.7 Å². The number of nitrogens with one attached hydrogen (secondary N) is 1. The highest BCUT2D eigenvalue weighted by molar-refractivity contribution is 5.82. The van der Waals surface area contributed by atoms with Crippen LogP contribution in [0, 0.1) is 18.2 Å². The van der Waals surface area contributed by atoms with Gasteiger partial charge >= 0.3 is 6.09 Å². The van der Waals surface area contributed by atoms with Crippen molar-refractivity contribution >= 4 is 17.7 Å². The number of likely N-dealkylation sites (tertiary alicyclic amines) is 1. The molecule has 198 valence electrons. The molecule has 0 aliphatic carbocycles. The number of hydrogen-bond donors (Lipinski definition) is 1. The second kappa shape index (κ2) is 10.5. The maximum absolute atomic E-state index is 14.5. The lowest BCUT2D eigenvalue weighted by Crippen LogP contribution is -2.61. The largest absolute Gasteiger partial charge is 0.494 e. The van der Waals surface area contributed by atoms with Crippen molar-refractivity contribution < 1.29 is 27.8 Å². The maximum atomic E-state index is 14.5. The number of benzene rings is 2. The molecule has 1 aromatic heterocycles. The van der Waals surface area contributed by atoms with E-state index in [0.717, 1.165) is 0 Å². The van der Waals surface area contributed by atoms with Crippen molar-refractivity contribution in [1.82, 2.24) is 20.0 Å². The number of aromatic nitrogens is 2. The molecule has 0 unspecified atom stereocenters. The van der Waals surface area contributed by atoms with Crippen molar-refractivity contribution in [1.29, 1.82) is 0 Å². The van der Waals surface area contributed by atoms with Gasteiger partial charge in [0, 0.05) is 30.4 Å². The normalized spacial score (nSPS) is 13.4. The Morgan fingerprint density at radius 2 is 1.82 bits per heavy atom. The molecule has 0 saturated carbocycles. The topological polar surface area (TPSA) is 90.1 Å². The SMILES string of the molecule is [C-]#[N+]c1ccc(-c2nn(CC(=O)N3CC(NC(=O)OC(C)(C)C)C3)cc2-c2ccc(OC)c(F)c2)cc1F. The molecule has 1 saturated heterocycles. The molecule has 1 fully saturated rings. The fourth-order valence-corrected chi connectivity index (χ4v) is 3.99. The van der Waals surface area contributed by atoms with E-state index in [1.165, 1.54) is 36.1 Å². The minimum Gasteiger partial charge on any atom is -0.494 e. The fraction of sp³-hybridized carbons (Fsp3) is 0.333. The second-order valence-electron chi connectivity index (χ2n) is 9.86. The maximum Gasteiger partial charge on any atom is 0.407 e. The second-order valence-corrected chi connectivity index (χ2v) is 9.86. The van der Waals surface area contributed by atoms with Gasteiger partial charge in [0.05, 0.1) is 19.7 Å². The highest BCUT2D eigenvalue weighted by Gasteiger charge is 2.33. The zero-order chi connectivity index (χ0) is 27.6. The van der Waals surface area contributed by atoms with Gasteiger partial charge in [0.1, 0.15) is 23.7 Å². The lowest BCUT2D eigenvalue weighted by atomic mass is 10.0. The van der Waals surface area contributed by atoms with Crippen LogP contribution in [0.2, 0.25) is 0 Å². The number of hydrogen-bond acceptors (Lipinski definition) is 5. The molecule has 1 N–H and O–H groups in total. The minimum absolute atomic E-state index is 0.0673. The predicted octanol–water partition coefficient (Wildman–Crippen LogP) is 4.79. The van der Waals surface area contributed by atoms with Crippen LogP contribution < -0.4 is 10.1 Å². The molecule has 11 heteroatoms. The first-order valence-corrected chi connectivity index (χ1v) is 11.8. The molecule has 0 spiro atoms. The zero-order valence-electron chi connectivity index (χ0n) is 21.4. The number of methoxy groups -OCH3 is 1. The van der Waals surface area contributed by atoms with Crippen molar-refractivity contribution in [3.05, 3.63) is 65.6 Å². The summed E-state index contributed by atoms with van der Waals surface area (Å²) < 4.78 is 40.5. The highest BCUT2D eigenvalue weighted by Crippen LogP contribution is 2.35. The summed E-state index contributed by atoms with van der Waals surface area (Å²) in [6.07, 6.45) is 1.05. The third kappa shape index (κ3) is 5.91. The van der Waals surface area contributed by atoms with Crippen LogP contribution in [0.5, 0.6) is 5.75 Å². The van der Waals surface area contributed by atoms with Crippen molar-refractivity contribution in [2.24, 2.45) is 0 Å². The van der Waals surface area contributed by atoms with E-state index in [-0.39, 0.29) is 29.9 Å². The van der Waals surface area contributed by atoms with E-state index < -0.39 is 23.3 Å². The van der Waals surface area contributed by atoms with Crippen LogP contribution in [-0.2, 0) is 16.1 Å². The Balaban J connectivity index is 1.54. The van der Waals surface area contributed by atoms with Crippen LogP contribution in [0.1, 0.15) is 20.8 Å². The Morgan fingerprint density at radius 1 is 1.13 bits per heavy atom. The Labute approximate surface area is 218 Å². The smallest absolute Gasteiger partial charge is 0.407 e. The van der Waals surface area contributed by atoms with Gasteiger partial charge in [0.25, 0.3) is 0 Å². The van der Waals surface area contributed by atoms with Gasteiger partial charge in [-0.1, -0.05) is 18.2 Å². The molecule has 9 nitrogen and oxygen atoms in total. The van der Waals surface area contributed by atoms with Crippen molar-refractivity contribution in [3.8, 4) is 28.1 Å². The summed E-state index contributed by atoms with van der Waals surface area (Å²) in [4.78, 5) is 29.5. The van der Waals surface area contributed by atoms with Crippen LogP contribution in [0.3, 0.4) is 0 Å².